The average Bonchev–Trinajstić information content (AvgIpc) is 2.86. The van der Waals surface area contributed by atoms with Crippen LogP contribution >= 0.6 is 0 Å². The molecule has 1 atom stereocenters. The van der Waals surface area contributed by atoms with Gasteiger partial charge in [-0.15, -0.1) is 0 Å². The molecule has 5 heteroatoms. The Morgan fingerprint density at radius 1 is 1.07 bits per heavy atom. The molecule has 1 saturated carbocycles. The molecule has 2 aromatic rings. The van der Waals surface area contributed by atoms with Crippen molar-refractivity contribution in [2.24, 2.45) is 0 Å². The topological polar surface area (TPSA) is 62.3 Å². The van der Waals surface area contributed by atoms with Gasteiger partial charge in [-0.05, 0) is 49.9 Å². The Morgan fingerprint density at radius 3 is 2.61 bits per heavy atom. The van der Waals surface area contributed by atoms with Crippen molar-refractivity contribution in [3.63, 3.8) is 0 Å². The lowest BCUT2D eigenvalue weighted by Crippen LogP contribution is -2.37. The van der Waals surface area contributed by atoms with Gasteiger partial charge in [0.25, 0.3) is 11.8 Å². The normalized spacial score (nSPS) is 19.8. The van der Waals surface area contributed by atoms with E-state index in [2.05, 4.69) is 16.4 Å². The van der Waals surface area contributed by atoms with Crippen LogP contribution in [0.4, 0.5) is 5.69 Å². The predicted molar refractivity (Wildman–Crippen MR) is 110 cm³/mol. The van der Waals surface area contributed by atoms with Gasteiger partial charge in [-0.25, -0.2) is 0 Å². The zero-order chi connectivity index (χ0) is 19.5. The second-order valence-corrected chi connectivity index (χ2v) is 7.95. The molecule has 0 spiro atoms. The number of carbonyl (C=O) groups is 2. The first kappa shape index (κ1) is 18.7. The minimum absolute atomic E-state index is 0.0789. The zero-order valence-electron chi connectivity index (χ0n) is 16.4. The van der Waals surface area contributed by atoms with Crippen LogP contribution in [0.3, 0.4) is 0 Å². The molecule has 0 radical (unpaired) electrons. The molecule has 1 fully saturated rings. The van der Waals surface area contributed by atoms with Crippen LogP contribution in [-0.2, 0) is 6.42 Å². The van der Waals surface area contributed by atoms with Crippen molar-refractivity contribution in [2.75, 3.05) is 4.90 Å². The van der Waals surface area contributed by atoms with Gasteiger partial charge in [0.05, 0.1) is 0 Å². The molecule has 1 aliphatic heterocycles. The van der Waals surface area contributed by atoms with Gasteiger partial charge in [0.15, 0.2) is 0 Å². The molecule has 1 aromatic heterocycles. The van der Waals surface area contributed by atoms with Crippen LogP contribution in [-0.4, -0.2) is 28.9 Å². The first-order valence-electron chi connectivity index (χ1n) is 10.3. The lowest BCUT2D eigenvalue weighted by Gasteiger charge is -2.22. The summed E-state index contributed by atoms with van der Waals surface area (Å²) >= 11 is 0. The van der Waals surface area contributed by atoms with Crippen molar-refractivity contribution in [1.82, 2.24) is 10.3 Å². The number of hydrogen-bond acceptors (Lipinski definition) is 3. The molecule has 2 amide bonds. The van der Waals surface area contributed by atoms with E-state index >= 15 is 0 Å². The molecular formula is C23H27N3O2. The van der Waals surface area contributed by atoms with E-state index in [1.807, 2.05) is 25.1 Å². The summed E-state index contributed by atoms with van der Waals surface area (Å²) in [5.74, 6) is -0.264. The number of benzene rings is 1. The third-order valence-electron chi connectivity index (χ3n) is 5.86. The number of nitrogens with zero attached hydrogens (tertiary/aromatic N) is 2. The minimum atomic E-state index is -0.151. The summed E-state index contributed by atoms with van der Waals surface area (Å²) in [5.41, 5.74) is 2.93. The summed E-state index contributed by atoms with van der Waals surface area (Å²) in [6.45, 7) is 2.04. The number of hydrogen-bond donors (Lipinski definition) is 1. The molecule has 2 heterocycles. The quantitative estimate of drug-likeness (QED) is 0.818. The summed E-state index contributed by atoms with van der Waals surface area (Å²) in [6, 6.07) is 11.6. The van der Waals surface area contributed by atoms with E-state index < -0.39 is 0 Å². The van der Waals surface area contributed by atoms with Crippen LogP contribution in [0.5, 0.6) is 0 Å². The van der Waals surface area contributed by atoms with E-state index in [0.717, 1.165) is 37.8 Å². The van der Waals surface area contributed by atoms with E-state index in [-0.39, 0.29) is 23.9 Å². The van der Waals surface area contributed by atoms with E-state index in [4.69, 9.17) is 0 Å². The Hall–Kier alpha value is -2.69. The zero-order valence-corrected chi connectivity index (χ0v) is 16.4. The van der Waals surface area contributed by atoms with Gasteiger partial charge in [0.1, 0.15) is 5.69 Å². The Kier molecular flexibility index (Phi) is 5.42. The Balaban J connectivity index is 1.52. The molecule has 5 nitrogen and oxygen atoms in total. The monoisotopic (exact) mass is 377 g/mol. The van der Waals surface area contributed by atoms with Gasteiger partial charge < -0.3 is 10.2 Å². The lowest BCUT2D eigenvalue weighted by molar-refractivity contribution is 0.0933. The molecular weight excluding hydrogens is 350 g/mol. The Bertz CT molecular complexity index is 872. The molecule has 0 saturated heterocycles. The summed E-state index contributed by atoms with van der Waals surface area (Å²) in [6.07, 6.45) is 9.28. The van der Waals surface area contributed by atoms with Crippen LogP contribution in [0.2, 0.25) is 0 Å². The van der Waals surface area contributed by atoms with E-state index in [0.29, 0.717) is 11.3 Å². The summed E-state index contributed by atoms with van der Waals surface area (Å²) in [5, 5.41) is 3.14. The van der Waals surface area contributed by atoms with Crippen molar-refractivity contribution < 1.29 is 9.59 Å². The molecule has 0 bridgehead atoms. The molecule has 1 unspecified atom stereocenters. The van der Waals surface area contributed by atoms with Crippen LogP contribution in [0.25, 0.3) is 0 Å². The average molecular weight is 377 g/mol. The lowest BCUT2D eigenvalue weighted by atomic mass is 10.1. The van der Waals surface area contributed by atoms with Gasteiger partial charge in [0.2, 0.25) is 0 Å². The van der Waals surface area contributed by atoms with Gasteiger partial charge in [0, 0.05) is 29.5 Å². The largest absolute Gasteiger partial charge is 0.349 e. The third kappa shape index (κ3) is 3.79. The number of carbonyl (C=O) groups excluding carboxylic acids is 2. The second kappa shape index (κ2) is 8.13. The van der Waals surface area contributed by atoms with E-state index in [1.54, 1.807) is 23.2 Å². The van der Waals surface area contributed by atoms with Gasteiger partial charge in [-0.1, -0.05) is 43.9 Å². The molecule has 28 heavy (non-hydrogen) atoms. The number of rotatable bonds is 3. The van der Waals surface area contributed by atoms with Crippen molar-refractivity contribution in [3.8, 4) is 0 Å². The molecule has 146 valence electrons. The van der Waals surface area contributed by atoms with Crippen molar-refractivity contribution in [3.05, 3.63) is 59.4 Å². The Morgan fingerprint density at radius 2 is 1.82 bits per heavy atom. The number of nitrogens with one attached hydrogen (secondary N) is 1. The second-order valence-electron chi connectivity index (χ2n) is 7.95. The molecule has 4 rings (SSSR count). The Labute approximate surface area is 166 Å². The van der Waals surface area contributed by atoms with E-state index in [9.17, 15) is 9.59 Å². The highest BCUT2D eigenvalue weighted by Crippen LogP contribution is 2.32. The highest BCUT2D eigenvalue weighted by Gasteiger charge is 2.32. The fraction of sp³-hybridized carbons (Fsp3) is 0.435. The number of amides is 2. The maximum Gasteiger partial charge on any atom is 0.277 e. The minimum Gasteiger partial charge on any atom is -0.349 e. The van der Waals surface area contributed by atoms with Gasteiger partial charge >= 0.3 is 0 Å². The number of anilines is 1. The molecule has 1 N–H and O–H groups in total. The highest BCUT2D eigenvalue weighted by molar-refractivity contribution is 6.07. The number of pyridine rings is 1. The number of fused-ring (bicyclic) bond motifs is 1. The highest BCUT2D eigenvalue weighted by atomic mass is 16.2. The number of para-hydroxylation sites is 1. The van der Waals surface area contributed by atoms with Gasteiger partial charge in [-0.2, -0.15) is 0 Å². The molecule has 1 aliphatic carbocycles. The van der Waals surface area contributed by atoms with Crippen LogP contribution in [0.1, 0.15) is 71.9 Å². The summed E-state index contributed by atoms with van der Waals surface area (Å²) in [4.78, 5) is 31.9. The van der Waals surface area contributed by atoms with E-state index in [1.165, 1.54) is 18.4 Å². The first-order chi connectivity index (χ1) is 13.6. The molecule has 2 aliphatic rings. The summed E-state index contributed by atoms with van der Waals surface area (Å²) < 4.78 is 0. The third-order valence-corrected chi connectivity index (χ3v) is 5.86. The standard InChI is InChI=1S/C23H27N3O2/c1-16-14-17-8-6-7-11-21(17)26(16)23(28)20-15-18(12-13-24-20)22(27)25-19-9-4-2-3-5-10-19/h6-8,11-13,15-16,19H,2-5,9-10,14H2,1H3,(H,25,27). The van der Waals surface area contributed by atoms with Crippen molar-refractivity contribution in [2.45, 2.75) is 64.0 Å². The van der Waals surface area contributed by atoms with Crippen LogP contribution in [0, 0.1) is 0 Å². The van der Waals surface area contributed by atoms with Gasteiger partial charge in [-0.3, -0.25) is 14.6 Å². The van der Waals surface area contributed by atoms with Crippen LogP contribution in [0.15, 0.2) is 42.6 Å². The maximum absolute atomic E-state index is 13.2. The van der Waals surface area contributed by atoms with Crippen molar-refractivity contribution >= 4 is 17.5 Å². The SMILES string of the molecule is CC1Cc2ccccc2N1C(=O)c1cc(C(=O)NC2CCCCCC2)ccn1. The fourth-order valence-corrected chi connectivity index (χ4v) is 4.38. The fourth-order valence-electron chi connectivity index (χ4n) is 4.38. The number of aromatic nitrogens is 1. The predicted octanol–water partition coefficient (Wildman–Crippen LogP) is 4.13. The maximum atomic E-state index is 13.2. The summed E-state index contributed by atoms with van der Waals surface area (Å²) in [7, 11) is 0. The van der Waals surface area contributed by atoms with Crippen LogP contribution < -0.4 is 10.2 Å². The van der Waals surface area contributed by atoms with Crippen molar-refractivity contribution in [1.29, 1.82) is 0 Å². The first-order valence-corrected chi connectivity index (χ1v) is 10.3. The smallest absolute Gasteiger partial charge is 0.277 e. The molecule has 1 aromatic carbocycles.